The molecule has 2 aromatic carbocycles. The van der Waals surface area contributed by atoms with Crippen LogP contribution in [0.2, 0.25) is 0 Å². The molecule has 34 heavy (non-hydrogen) atoms. The zero-order valence-electron chi connectivity index (χ0n) is 19.7. The highest BCUT2D eigenvalue weighted by molar-refractivity contribution is 6.02. The molecule has 2 aromatic rings. The van der Waals surface area contributed by atoms with Gasteiger partial charge in [0.15, 0.2) is 18.1 Å². The topological polar surface area (TPSA) is 100 Å². The lowest BCUT2D eigenvalue weighted by Crippen LogP contribution is -2.41. The number of rotatable bonds is 9. The minimum Gasteiger partial charge on any atom is -0.490 e. The second-order valence-corrected chi connectivity index (χ2v) is 8.35. The summed E-state index contributed by atoms with van der Waals surface area (Å²) in [5, 5.41) is 15.3. The number of anilines is 1. The first-order valence-corrected chi connectivity index (χ1v) is 11.7. The summed E-state index contributed by atoms with van der Waals surface area (Å²) in [5.74, 6) is 0.580. The third-order valence-electron chi connectivity index (χ3n) is 5.79. The number of hydrogen-bond donors (Lipinski definition) is 2. The average molecular weight is 462 g/mol. The van der Waals surface area contributed by atoms with Gasteiger partial charge in [-0.15, -0.1) is 0 Å². The van der Waals surface area contributed by atoms with Crippen molar-refractivity contribution in [1.29, 1.82) is 5.26 Å². The van der Waals surface area contributed by atoms with E-state index in [9.17, 15) is 14.9 Å². The first-order valence-electron chi connectivity index (χ1n) is 11.7. The minimum absolute atomic E-state index is 0.0381. The number of nitriles is 1. The molecule has 0 bridgehead atoms. The van der Waals surface area contributed by atoms with E-state index in [0.29, 0.717) is 35.3 Å². The van der Waals surface area contributed by atoms with Crippen LogP contribution >= 0.6 is 0 Å². The Balaban J connectivity index is 1.68. The Kier molecular flexibility index (Phi) is 9.10. The van der Waals surface area contributed by atoms with Crippen LogP contribution in [0.15, 0.2) is 54.1 Å². The summed E-state index contributed by atoms with van der Waals surface area (Å²) >= 11 is 0. The maximum absolute atomic E-state index is 12.7. The molecule has 2 amide bonds. The lowest BCUT2D eigenvalue weighted by Gasteiger charge is -2.29. The molecule has 7 nitrogen and oxygen atoms in total. The maximum atomic E-state index is 12.7. The molecule has 0 aromatic heterocycles. The third-order valence-corrected chi connectivity index (χ3v) is 5.79. The number of nitrogens with zero attached hydrogens (tertiary/aromatic N) is 1. The molecule has 3 rings (SSSR count). The Labute approximate surface area is 200 Å². The molecule has 0 radical (unpaired) electrons. The number of benzene rings is 2. The summed E-state index contributed by atoms with van der Waals surface area (Å²) in [4.78, 5) is 24.9. The van der Waals surface area contributed by atoms with Crippen molar-refractivity contribution >= 4 is 23.6 Å². The van der Waals surface area contributed by atoms with Crippen LogP contribution in [0.5, 0.6) is 11.5 Å². The van der Waals surface area contributed by atoms with Gasteiger partial charge in [0, 0.05) is 11.7 Å². The number of carbonyl (C=O) groups excluding carboxylic acids is 2. The van der Waals surface area contributed by atoms with Crippen molar-refractivity contribution in [2.75, 3.05) is 18.5 Å². The van der Waals surface area contributed by atoms with Gasteiger partial charge in [-0.2, -0.15) is 5.26 Å². The first kappa shape index (κ1) is 24.8. The van der Waals surface area contributed by atoms with Crippen LogP contribution in [0.25, 0.3) is 6.08 Å². The summed E-state index contributed by atoms with van der Waals surface area (Å²) in [5.41, 5.74) is 1.36. The highest BCUT2D eigenvalue weighted by atomic mass is 16.5. The van der Waals surface area contributed by atoms with Gasteiger partial charge >= 0.3 is 0 Å². The van der Waals surface area contributed by atoms with Crippen LogP contribution in [-0.2, 0) is 9.59 Å². The normalized spacial score (nSPS) is 17.9. The molecule has 1 saturated carbocycles. The van der Waals surface area contributed by atoms with Crippen LogP contribution < -0.4 is 20.1 Å². The van der Waals surface area contributed by atoms with E-state index >= 15 is 0 Å². The second-order valence-electron chi connectivity index (χ2n) is 8.35. The van der Waals surface area contributed by atoms with Gasteiger partial charge in [0.2, 0.25) is 0 Å². The molecule has 0 saturated heterocycles. The summed E-state index contributed by atoms with van der Waals surface area (Å²) < 4.78 is 11.3. The van der Waals surface area contributed by atoms with Crippen LogP contribution in [0.1, 0.15) is 45.1 Å². The van der Waals surface area contributed by atoms with Crippen molar-refractivity contribution in [3.63, 3.8) is 0 Å². The minimum atomic E-state index is -0.364. The van der Waals surface area contributed by atoms with Crippen LogP contribution in [0.4, 0.5) is 5.69 Å². The summed E-state index contributed by atoms with van der Waals surface area (Å²) in [6.07, 6.45) is 5.82. The molecule has 1 aliphatic carbocycles. The Morgan fingerprint density at radius 2 is 1.85 bits per heavy atom. The zero-order chi connectivity index (χ0) is 24.3. The monoisotopic (exact) mass is 461 g/mol. The number of hydrogen-bond acceptors (Lipinski definition) is 5. The summed E-state index contributed by atoms with van der Waals surface area (Å²) in [6.45, 7) is 4.18. The van der Waals surface area contributed by atoms with Crippen molar-refractivity contribution in [3.05, 3.63) is 59.7 Å². The lowest BCUT2D eigenvalue weighted by atomic mass is 9.86. The molecule has 0 spiro atoms. The molecule has 2 unspecified atom stereocenters. The number of ether oxygens (including phenoxy) is 2. The largest absolute Gasteiger partial charge is 0.490 e. The standard InChI is InChI=1S/C27H31N3O4/c1-3-33-25-16-20(15-21(17-28)27(32)30-23-12-8-7-9-19(23)2)13-14-24(25)34-18-26(31)29-22-10-5-4-6-11-22/h4-6,10-11,13-16,19,23H,3,7-9,12,18H2,1-2H3,(H,29,31)(H,30,32)/b21-15+. The summed E-state index contributed by atoms with van der Waals surface area (Å²) in [7, 11) is 0. The first-order chi connectivity index (χ1) is 16.5. The average Bonchev–Trinajstić information content (AvgIpc) is 2.84. The van der Waals surface area contributed by atoms with Crippen LogP contribution in [-0.4, -0.2) is 31.1 Å². The van der Waals surface area contributed by atoms with Gasteiger partial charge in [-0.1, -0.05) is 44.0 Å². The van der Waals surface area contributed by atoms with E-state index in [2.05, 4.69) is 17.6 Å². The molecule has 178 valence electrons. The molecule has 0 aliphatic heterocycles. The van der Waals surface area contributed by atoms with Crippen molar-refractivity contribution in [2.45, 2.75) is 45.6 Å². The zero-order valence-corrected chi connectivity index (χ0v) is 19.7. The van der Waals surface area contributed by atoms with Gasteiger partial charge in [0.05, 0.1) is 6.61 Å². The van der Waals surface area contributed by atoms with Gasteiger partial charge in [-0.3, -0.25) is 9.59 Å². The van der Waals surface area contributed by atoms with Gasteiger partial charge < -0.3 is 20.1 Å². The predicted molar refractivity (Wildman–Crippen MR) is 131 cm³/mol. The maximum Gasteiger partial charge on any atom is 0.262 e. The van der Waals surface area contributed by atoms with Crippen molar-refractivity contribution in [3.8, 4) is 17.6 Å². The number of para-hydroxylation sites is 1. The number of carbonyl (C=O) groups is 2. The van der Waals surface area contributed by atoms with Crippen molar-refractivity contribution < 1.29 is 19.1 Å². The number of nitrogens with one attached hydrogen (secondary N) is 2. The number of amides is 2. The van der Waals surface area contributed by atoms with E-state index in [1.807, 2.05) is 31.2 Å². The van der Waals surface area contributed by atoms with Gasteiger partial charge in [0.1, 0.15) is 11.6 Å². The van der Waals surface area contributed by atoms with Crippen LogP contribution in [0, 0.1) is 17.2 Å². The lowest BCUT2D eigenvalue weighted by molar-refractivity contribution is -0.119. The Bertz CT molecular complexity index is 1060. The van der Waals surface area contributed by atoms with Gasteiger partial charge in [-0.25, -0.2) is 0 Å². The molecule has 1 fully saturated rings. The molecule has 0 heterocycles. The van der Waals surface area contributed by atoms with E-state index in [1.165, 1.54) is 12.5 Å². The fourth-order valence-corrected chi connectivity index (χ4v) is 3.96. The quantitative estimate of drug-likeness (QED) is 0.416. The van der Waals surface area contributed by atoms with E-state index in [4.69, 9.17) is 9.47 Å². The fraction of sp³-hybridized carbons (Fsp3) is 0.370. The van der Waals surface area contributed by atoms with E-state index in [1.54, 1.807) is 30.3 Å². The second kappa shape index (κ2) is 12.4. The van der Waals surface area contributed by atoms with E-state index < -0.39 is 0 Å². The SMILES string of the molecule is CCOc1cc(/C=C(\C#N)C(=O)NC2CCCCC2C)ccc1OCC(=O)Nc1ccccc1. The molecular formula is C27H31N3O4. The Morgan fingerprint density at radius 3 is 2.56 bits per heavy atom. The van der Waals surface area contributed by atoms with Crippen LogP contribution in [0.3, 0.4) is 0 Å². The third kappa shape index (κ3) is 7.11. The van der Waals surface area contributed by atoms with Crippen molar-refractivity contribution in [1.82, 2.24) is 5.32 Å². The van der Waals surface area contributed by atoms with Gasteiger partial charge in [-0.05, 0) is 61.6 Å². The Morgan fingerprint density at radius 1 is 1.09 bits per heavy atom. The fourth-order valence-electron chi connectivity index (χ4n) is 3.96. The summed E-state index contributed by atoms with van der Waals surface area (Å²) in [6, 6.07) is 16.3. The molecule has 1 aliphatic rings. The molecular weight excluding hydrogens is 430 g/mol. The predicted octanol–water partition coefficient (Wildman–Crippen LogP) is 4.70. The van der Waals surface area contributed by atoms with E-state index in [0.717, 1.165) is 19.3 Å². The van der Waals surface area contributed by atoms with E-state index in [-0.39, 0.29) is 30.0 Å². The Hall–Kier alpha value is -3.79. The van der Waals surface area contributed by atoms with Crippen molar-refractivity contribution in [2.24, 2.45) is 5.92 Å². The molecule has 7 heteroatoms. The molecule has 2 atom stereocenters. The smallest absolute Gasteiger partial charge is 0.262 e. The highest BCUT2D eigenvalue weighted by Gasteiger charge is 2.24. The van der Waals surface area contributed by atoms with Gasteiger partial charge in [0.25, 0.3) is 11.8 Å². The highest BCUT2D eigenvalue weighted by Crippen LogP contribution is 2.30. The molecule has 2 N–H and O–H groups in total.